The summed E-state index contributed by atoms with van der Waals surface area (Å²) >= 11 is 4.82. The van der Waals surface area contributed by atoms with Crippen LogP contribution >= 0.6 is 27.7 Å². The zero-order chi connectivity index (χ0) is 15.0. The van der Waals surface area contributed by atoms with Crippen LogP contribution in [-0.2, 0) is 0 Å². The number of nitrogens with one attached hydrogen (secondary N) is 1. The number of aliphatic imine (C=N–C) groups is 1. The first kappa shape index (κ1) is 15.3. The summed E-state index contributed by atoms with van der Waals surface area (Å²) in [6.45, 7) is 2.27. The molecule has 1 heterocycles. The van der Waals surface area contributed by atoms with E-state index in [0.717, 1.165) is 29.8 Å². The van der Waals surface area contributed by atoms with Gasteiger partial charge in [-0.3, -0.25) is 4.99 Å². The Kier molecular flexibility index (Phi) is 4.28. The van der Waals surface area contributed by atoms with E-state index >= 15 is 0 Å². The Morgan fingerprint density at radius 3 is 2.95 bits per heavy atom. The minimum absolute atomic E-state index is 0.00759. The molecule has 0 bridgehead atoms. The predicted octanol–water partition coefficient (Wildman–Crippen LogP) is 5.19. The molecular weight excluding hydrogens is 358 g/mol. The lowest BCUT2D eigenvalue weighted by atomic mass is 9.78. The molecule has 21 heavy (non-hydrogen) atoms. The number of nitrogens with zero attached hydrogens (tertiary/aromatic N) is 1. The summed E-state index contributed by atoms with van der Waals surface area (Å²) in [5.74, 6) is 0.434. The molecule has 2 nitrogen and oxygen atoms in total. The van der Waals surface area contributed by atoms with Gasteiger partial charge in [0.1, 0.15) is 5.82 Å². The quantitative estimate of drug-likeness (QED) is 0.731. The van der Waals surface area contributed by atoms with Crippen LogP contribution in [0.1, 0.15) is 32.6 Å². The van der Waals surface area contributed by atoms with E-state index in [-0.39, 0.29) is 11.2 Å². The van der Waals surface area contributed by atoms with Crippen molar-refractivity contribution in [1.82, 2.24) is 0 Å². The van der Waals surface area contributed by atoms with Crippen molar-refractivity contribution in [3.05, 3.63) is 28.2 Å². The van der Waals surface area contributed by atoms with Gasteiger partial charge in [-0.2, -0.15) is 0 Å². The maximum atomic E-state index is 13.9. The molecule has 0 saturated heterocycles. The van der Waals surface area contributed by atoms with Gasteiger partial charge >= 0.3 is 0 Å². The molecular formula is C15H17BrF2N2S. The molecule has 114 valence electrons. The maximum absolute atomic E-state index is 13.9. The number of halogens is 3. The van der Waals surface area contributed by atoms with Crippen LogP contribution in [0.2, 0.25) is 0 Å². The number of thioether (sulfide) groups is 1. The molecule has 1 aliphatic heterocycles. The predicted molar refractivity (Wildman–Crippen MR) is 87.9 cm³/mol. The first-order chi connectivity index (χ1) is 9.97. The molecule has 1 saturated carbocycles. The van der Waals surface area contributed by atoms with Crippen LogP contribution in [0.5, 0.6) is 0 Å². The molecule has 2 atom stereocenters. The van der Waals surface area contributed by atoms with Crippen LogP contribution in [0.3, 0.4) is 0 Å². The number of benzene rings is 1. The summed E-state index contributed by atoms with van der Waals surface area (Å²) in [4.78, 5) is 4.82. The van der Waals surface area contributed by atoms with Crippen LogP contribution in [-0.4, -0.2) is 16.5 Å². The van der Waals surface area contributed by atoms with Crippen LogP contribution in [0, 0.1) is 17.6 Å². The lowest BCUT2D eigenvalue weighted by Gasteiger charge is -2.33. The molecule has 0 radical (unpaired) electrons. The van der Waals surface area contributed by atoms with Crippen molar-refractivity contribution in [2.45, 2.75) is 38.1 Å². The van der Waals surface area contributed by atoms with Crippen molar-refractivity contribution in [3.63, 3.8) is 0 Å². The monoisotopic (exact) mass is 374 g/mol. The molecule has 1 N–H and O–H groups in total. The Labute approximate surface area is 135 Å². The van der Waals surface area contributed by atoms with E-state index in [2.05, 4.69) is 28.2 Å². The standard InChI is InChI=1S/C15H17BrF2N2S/c1-9-3-2-4-15(7-9)8-21-14(20-15)19-13-11(16)5-10(17)6-12(13)18/h5-6,9H,2-4,7-8H2,1H3,(H,19,20). The highest BCUT2D eigenvalue weighted by atomic mass is 79.9. The third-order valence-corrected chi connectivity index (χ3v) is 5.90. The summed E-state index contributed by atoms with van der Waals surface area (Å²) in [6, 6.07) is 2.13. The van der Waals surface area contributed by atoms with Gasteiger partial charge in [0.15, 0.2) is 11.0 Å². The van der Waals surface area contributed by atoms with E-state index in [0.29, 0.717) is 10.4 Å². The fraction of sp³-hybridized carbons (Fsp3) is 0.533. The van der Waals surface area contributed by atoms with E-state index in [1.54, 1.807) is 11.8 Å². The minimum Gasteiger partial charge on any atom is -0.332 e. The molecule has 1 aliphatic carbocycles. The molecule has 2 aliphatic rings. The lowest BCUT2D eigenvalue weighted by Crippen LogP contribution is -2.33. The Hall–Kier alpha value is -0.620. The number of amidine groups is 1. The summed E-state index contributed by atoms with van der Waals surface area (Å²) in [6.07, 6.45) is 4.66. The zero-order valence-corrected chi connectivity index (χ0v) is 14.2. The van der Waals surface area contributed by atoms with E-state index in [4.69, 9.17) is 4.99 Å². The van der Waals surface area contributed by atoms with E-state index in [1.807, 2.05) is 0 Å². The van der Waals surface area contributed by atoms with Gasteiger partial charge in [-0.15, -0.1) is 0 Å². The summed E-state index contributed by atoms with van der Waals surface area (Å²) in [5.41, 5.74) is 0.261. The van der Waals surface area contributed by atoms with Crippen molar-refractivity contribution in [2.24, 2.45) is 10.9 Å². The van der Waals surface area contributed by atoms with Gasteiger partial charge in [0.2, 0.25) is 0 Å². The van der Waals surface area contributed by atoms with E-state index in [1.165, 1.54) is 18.9 Å². The molecule has 0 amide bonds. The van der Waals surface area contributed by atoms with Crippen LogP contribution in [0.15, 0.2) is 21.6 Å². The van der Waals surface area contributed by atoms with Gasteiger partial charge in [0.25, 0.3) is 0 Å². The van der Waals surface area contributed by atoms with Gasteiger partial charge < -0.3 is 5.32 Å². The van der Waals surface area contributed by atoms with E-state index < -0.39 is 11.6 Å². The fourth-order valence-corrected chi connectivity index (χ4v) is 4.85. The van der Waals surface area contributed by atoms with Crippen molar-refractivity contribution in [1.29, 1.82) is 0 Å². The highest BCUT2D eigenvalue weighted by molar-refractivity contribution is 9.10. The van der Waals surface area contributed by atoms with Gasteiger partial charge in [-0.25, -0.2) is 8.78 Å². The van der Waals surface area contributed by atoms with Crippen LogP contribution < -0.4 is 5.32 Å². The normalized spacial score (nSPS) is 28.8. The SMILES string of the molecule is CC1CCCC2(CSC(Nc3c(F)cc(F)cc3Br)=N2)C1. The second-order valence-electron chi connectivity index (χ2n) is 6.00. The summed E-state index contributed by atoms with van der Waals surface area (Å²) in [7, 11) is 0. The zero-order valence-electron chi connectivity index (χ0n) is 11.8. The average molecular weight is 375 g/mol. The first-order valence-electron chi connectivity index (χ1n) is 7.12. The molecule has 0 aromatic heterocycles. The molecule has 1 spiro atoms. The molecule has 1 fully saturated rings. The maximum Gasteiger partial charge on any atom is 0.161 e. The number of hydrogen-bond acceptors (Lipinski definition) is 3. The third-order valence-electron chi connectivity index (χ3n) is 4.12. The van der Waals surface area contributed by atoms with Gasteiger partial charge in [-0.1, -0.05) is 31.5 Å². The topological polar surface area (TPSA) is 24.4 Å². The van der Waals surface area contributed by atoms with E-state index in [9.17, 15) is 8.78 Å². The van der Waals surface area contributed by atoms with Gasteiger partial charge in [0, 0.05) is 16.3 Å². The Bertz CT molecular complexity index is 570. The van der Waals surface area contributed by atoms with Crippen LogP contribution in [0.25, 0.3) is 0 Å². The molecule has 3 rings (SSSR count). The second-order valence-corrected chi connectivity index (χ2v) is 7.82. The number of anilines is 1. The Morgan fingerprint density at radius 2 is 2.24 bits per heavy atom. The Morgan fingerprint density at radius 1 is 1.43 bits per heavy atom. The Balaban J connectivity index is 1.80. The van der Waals surface area contributed by atoms with Crippen LogP contribution in [0.4, 0.5) is 14.5 Å². The number of hydrogen-bond donors (Lipinski definition) is 1. The largest absolute Gasteiger partial charge is 0.332 e. The first-order valence-corrected chi connectivity index (χ1v) is 8.89. The molecule has 1 aromatic rings. The molecule has 6 heteroatoms. The summed E-state index contributed by atoms with van der Waals surface area (Å²) < 4.78 is 27.4. The lowest BCUT2D eigenvalue weighted by molar-refractivity contribution is 0.266. The molecule has 1 aromatic carbocycles. The average Bonchev–Trinajstić information content (AvgIpc) is 2.76. The summed E-state index contributed by atoms with van der Waals surface area (Å²) in [5, 5.41) is 3.75. The van der Waals surface area contributed by atoms with Crippen molar-refractivity contribution in [3.8, 4) is 0 Å². The fourth-order valence-electron chi connectivity index (χ4n) is 3.18. The van der Waals surface area contributed by atoms with Crippen molar-refractivity contribution in [2.75, 3.05) is 11.1 Å². The highest BCUT2D eigenvalue weighted by Gasteiger charge is 2.39. The second kappa shape index (κ2) is 5.88. The highest BCUT2D eigenvalue weighted by Crippen LogP contribution is 2.42. The number of rotatable bonds is 1. The third kappa shape index (κ3) is 3.26. The molecule has 2 unspecified atom stereocenters. The van der Waals surface area contributed by atoms with Crippen molar-refractivity contribution < 1.29 is 8.78 Å². The minimum atomic E-state index is -0.608. The van der Waals surface area contributed by atoms with Gasteiger partial charge in [0.05, 0.1) is 11.2 Å². The smallest absolute Gasteiger partial charge is 0.161 e. The van der Waals surface area contributed by atoms with Crippen molar-refractivity contribution >= 4 is 38.5 Å². The van der Waals surface area contributed by atoms with Gasteiger partial charge in [-0.05, 0) is 40.8 Å².